The molecule has 1 radical (unpaired) electrons. The van der Waals surface area contributed by atoms with E-state index in [1.807, 2.05) is 0 Å². The summed E-state index contributed by atoms with van der Waals surface area (Å²) in [6.07, 6.45) is 2.97. The van der Waals surface area contributed by atoms with Crippen molar-refractivity contribution in [3.05, 3.63) is 69.2 Å². The van der Waals surface area contributed by atoms with E-state index in [1.54, 1.807) is 46.2 Å². The fourth-order valence-electron chi connectivity index (χ4n) is 3.24. The maximum atomic E-state index is 12.5. The van der Waals surface area contributed by atoms with Gasteiger partial charge in [0.05, 0.1) is 16.6 Å². The molecule has 0 N–H and O–H groups in total. The van der Waals surface area contributed by atoms with Gasteiger partial charge in [0, 0.05) is 44.2 Å². The highest BCUT2D eigenvalue weighted by Crippen LogP contribution is 2.34. The summed E-state index contributed by atoms with van der Waals surface area (Å²) >= 11 is 6.06. The van der Waals surface area contributed by atoms with Gasteiger partial charge in [-0.25, -0.2) is 0 Å². The molecule has 2 amide bonds. The lowest BCUT2D eigenvalue weighted by Gasteiger charge is -2.33. The van der Waals surface area contributed by atoms with Crippen molar-refractivity contribution in [2.24, 2.45) is 0 Å². The van der Waals surface area contributed by atoms with Gasteiger partial charge in [0.15, 0.2) is 0 Å². The van der Waals surface area contributed by atoms with E-state index < -0.39 is 4.92 Å². The molecule has 1 aliphatic rings. The van der Waals surface area contributed by atoms with Crippen molar-refractivity contribution in [2.45, 2.75) is 6.92 Å². The van der Waals surface area contributed by atoms with Crippen molar-refractivity contribution in [3.63, 3.8) is 0 Å². The van der Waals surface area contributed by atoms with Crippen LogP contribution in [0.4, 0.5) is 5.69 Å². The molecule has 7 nitrogen and oxygen atoms in total. The minimum absolute atomic E-state index is 0.00773. The van der Waals surface area contributed by atoms with Crippen molar-refractivity contribution in [3.8, 4) is 11.1 Å². The number of hydrogen-bond donors (Lipinski definition) is 0. The maximum Gasteiger partial charge on any atom is 0.285 e. The third-order valence-corrected chi connectivity index (χ3v) is 4.98. The van der Waals surface area contributed by atoms with Crippen LogP contribution in [0.1, 0.15) is 12.5 Å². The van der Waals surface area contributed by atoms with E-state index >= 15 is 0 Å². The second-order valence-electron chi connectivity index (χ2n) is 6.59. The average Bonchev–Trinajstić information content (AvgIpc) is 2.71. The molecule has 2 aromatic rings. The molecule has 1 aliphatic heterocycles. The van der Waals surface area contributed by atoms with Crippen LogP contribution in [0.5, 0.6) is 0 Å². The van der Waals surface area contributed by atoms with E-state index in [1.165, 1.54) is 19.1 Å². The molecule has 1 fully saturated rings. The van der Waals surface area contributed by atoms with Crippen LogP contribution in [-0.4, -0.2) is 52.7 Å². The first-order valence-electron chi connectivity index (χ1n) is 9.04. The first kappa shape index (κ1) is 20.5. The first-order valence-corrected chi connectivity index (χ1v) is 9.42. The molecule has 2 aromatic carbocycles. The Morgan fingerprint density at radius 3 is 2.48 bits per heavy atom. The van der Waals surface area contributed by atoms with Crippen LogP contribution >= 0.6 is 11.6 Å². The normalized spacial score (nSPS) is 14.3. The van der Waals surface area contributed by atoms with Crippen LogP contribution in [0.3, 0.4) is 0 Å². The maximum absolute atomic E-state index is 12.5. The quantitative estimate of drug-likeness (QED) is 0.437. The predicted molar refractivity (Wildman–Crippen MR) is 110 cm³/mol. The van der Waals surface area contributed by atoms with Crippen molar-refractivity contribution in [1.82, 2.24) is 9.80 Å². The first-order chi connectivity index (χ1) is 13.9. The smallest absolute Gasteiger partial charge is 0.285 e. The van der Waals surface area contributed by atoms with Gasteiger partial charge < -0.3 is 9.80 Å². The number of halogens is 1. The van der Waals surface area contributed by atoms with E-state index in [9.17, 15) is 19.7 Å². The molecule has 1 heterocycles. The fourth-order valence-corrected chi connectivity index (χ4v) is 3.43. The van der Waals surface area contributed by atoms with Gasteiger partial charge in [-0.2, -0.15) is 0 Å². The second-order valence-corrected chi connectivity index (χ2v) is 7.03. The van der Waals surface area contributed by atoms with Gasteiger partial charge in [0.25, 0.3) is 5.69 Å². The predicted octanol–water partition coefficient (Wildman–Crippen LogP) is 3.42. The molecular formula is C21H19ClN3O4. The number of carbonyl (C=O) groups excluding carboxylic acids is 2. The minimum Gasteiger partial charge on any atom is -0.339 e. The zero-order valence-electron chi connectivity index (χ0n) is 15.8. The minimum atomic E-state index is -0.504. The zero-order chi connectivity index (χ0) is 21.0. The van der Waals surface area contributed by atoms with Crippen LogP contribution in [0.15, 0.2) is 42.5 Å². The Bertz CT molecular complexity index is 982. The van der Waals surface area contributed by atoms with Crippen molar-refractivity contribution in [1.29, 1.82) is 0 Å². The van der Waals surface area contributed by atoms with Crippen molar-refractivity contribution < 1.29 is 14.5 Å². The number of amides is 2. The summed E-state index contributed by atoms with van der Waals surface area (Å²) in [6, 6.07) is 12.5. The molecule has 1 saturated heterocycles. The van der Waals surface area contributed by atoms with Gasteiger partial charge in [-0.1, -0.05) is 29.8 Å². The molecule has 0 aromatic heterocycles. The summed E-state index contributed by atoms with van der Waals surface area (Å²) < 4.78 is 0. The Hall–Kier alpha value is -3.19. The molecule has 0 atom stereocenters. The number of nitrogens with zero attached hydrogens (tertiary/aromatic N) is 3. The summed E-state index contributed by atoms with van der Waals surface area (Å²) in [6.45, 7) is 3.40. The second kappa shape index (κ2) is 8.87. The lowest BCUT2D eigenvalue weighted by Crippen LogP contribution is -2.49. The third-order valence-electron chi connectivity index (χ3n) is 4.75. The van der Waals surface area contributed by atoms with Crippen molar-refractivity contribution in [2.75, 3.05) is 26.2 Å². The highest BCUT2D eigenvalue weighted by atomic mass is 35.5. The molecule has 8 heteroatoms. The molecule has 0 unspecified atom stereocenters. The Kier molecular flexibility index (Phi) is 6.29. The number of hydrogen-bond acceptors (Lipinski definition) is 4. The van der Waals surface area contributed by atoms with Gasteiger partial charge in [0.1, 0.15) is 0 Å². The number of benzene rings is 2. The van der Waals surface area contributed by atoms with Crippen LogP contribution in [0.2, 0.25) is 5.02 Å². The van der Waals surface area contributed by atoms with E-state index in [2.05, 4.69) is 6.07 Å². The monoisotopic (exact) mass is 412 g/mol. The summed E-state index contributed by atoms with van der Waals surface area (Å²) in [7, 11) is 0. The number of piperazine rings is 1. The van der Waals surface area contributed by atoms with Crippen LogP contribution in [0, 0.1) is 16.2 Å². The molecule has 0 spiro atoms. The Balaban J connectivity index is 1.87. The zero-order valence-corrected chi connectivity index (χ0v) is 16.6. The standard InChI is InChI=1S/C21H19ClN3O4/c1-15(26)23-10-12-24(13-11-23)20(27)9-8-16-4-3-7-19(25(28)29)21(16)17-5-2-6-18(22)14-17/h2-6,8-9,14H,10-13H2,1H3/b9-8+. The van der Waals surface area contributed by atoms with Gasteiger partial charge in [-0.3, -0.25) is 19.7 Å². The SMILES string of the molecule is CC(=O)N1CCN(C(=O)/C=C/c2cc[c]c([N+](=O)[O-])c2-c2cccc(Cl)c2)CC1. The average molecular weight is 413 g/mol. The number of carbonyl (C=O) groups is 2. The van der Waals surface area contributed by atoms with E-state index in [4.69, 9.17) is 11.6 Å². The molecule has 149 valence electrons. The molecule has 0 bridgehead atoms. The van der Waals surface area contributed by atoms with Gasteiger partial charge in [-0.15, -0.1) is 0 Å². The molecular weight excluding hydrogens is 394 g/mol. The Morgan fingerprint density at radius 1 is 1.17 bits per heavy atom. The lowest BCUT2D eigenvalue weighted by atomic mass is 9.97. The summed E-state index contributed by atoms with van der Waals surface area (Å²) in [5, 5.41) is 12.0. The molecule has 0 saturated carbocycles. The van der Waals surface area contributed by atoms with E-state index in [0.29, 0.717) is 47.9 Å². The Morgan fingerprint density at radius 2 is 1.86 bits per heavy atom. The highest BCUT2D eigenvalue weighted by Gasteiger charge is 2.22. The topological polar surface area (TPSA) is 83.8 Å². The van der Waals surface area contributed by atoms with Gasteiger partial charge in [0.2, 0.25) is 11.8 Å². The third kappa shape index (κ3) is 4.81. The van der Waals surface area contributed by atoms with E-state index in [-0.39, 0.29) is 17.5 Å². The van der Waals surface area contributed by atoms with Gasteiger partial charge in [-0.05, 0) is 35.4 Å². The van der Waals surface area contributed by atoms with E-state index in [0.717, 1.165) is 0 Å². The van der Waals surface area contributed by atoms with Crippen LogP contribution in [-0.2, 0) is 9.59 Å². The Labute approximate surface area is 173 Å². The highest BCUT2D eigenvalue weighted by molar-refractivity contribution is 6.30. The number of nitro benzene ring substituents is 1. The largest absolute Gasteiger partial charge is 0.339 e. The molecule has 3 rings (SSSR count). The number of rotatable bonds is 4. The summed E-state index contributed by atoms with van der Waals surface area (Å²) in [5.41, 5.74) is 1.26. The summed E-state index contributed by atoms with van der Waals surface area (Å²) in [4.78, 5) is 38.3. The molecule has 0 aliphatic carbocycles. The van der Waals surface area contributed by atoms with Crippen LogP contribution in [0.25, 0.3) is 17.2 Å². The van der Waals surface area contributed by atoms with Crippen molar-refractivity contribution >= 4 is 35.2 Å². The number of nitro groups is 1. The molecule has 29 heavy (non-hydrogen) atoms. The van der Waals surface area contributed by atoms with Gasteiger partial charge >= 0.3 is 0 Å². The lowest BCUT2D eigenvalue weighted by molar-refractivity contribution is -0.384. The fraction of sp³-hybridized carbons (Fsp3) is 0.238. The summed E-state index contributed by atoms with van der Waals surface area (Å²) in [5.74, 6) is -0.215. The van der Waals surface area contributed by atoms with Crippen LogP contribution < -0.4 is 0 Å².